The Hall–Kier alpha value is -0.900. The maximum Gasteiger partial charge on any atom is 0.372 e. The van der Waals surface area contributed by atoms with Crippen molar-refractivity contribution in [3.05, 3.63) is 23.7 Å². The molecule has 0 saturated heterocycles. The van der Waals surface area contributed by atoms with Gasteiger partial charge in [0.25, 0.3) is 0 Å². The lowest BCUT2D eigenvalue weighted by atomic mass is 10.0. The van der Waals surface area contributed by atoms with Crippen molar-refractivity contribution in [2.24, 2.45) is 0 Å². The fourth-order valence-corrected chi connectivity index (χ4v) is 3.39. The quantitative estimate of drug-likeness (QED) is 0.874. The maximum atomic E-state index is 10.8. The standard InChI is InChI=1S/C12H16O3S/c13-12(14)11-9(6-7-15-11)8-16-10-4-2-1-3-5-10/h6-7,10H,1-5,8H2,(H,13,14). The molecule has 1 saturated carbocycles. The Morgan fingerprint density at radius 3 is 2.88 bits per heavy atom. The van der Waals surface area contributed by atoms with Crippen LogP contribution in [0.5, 0.6) is 0 Å². The van der Waals surface area contributed by atoms with Crippen LogP contribution in [0.1, 0.15) is 48.2 Å². The van der Waals surface area contributed by atoms with Gasteiger partial charge in [0, 0.05) is 16.6 Å². The minimum Gasteiger partial charge on any atom is -0.475 e. The van der Waals surface area contributed by atoms with Crippen molar-refractivity contribution in [3.63, 3.8) is 0 Å². The average molecular weight is 240 g/mol. The van der Waals surface area contributed by atoms with E-state index in [2.05, 4.69) is 0 Å². The number of carbonyl (C=O) groups is 1. The van der Waals surface area contributed by atoms with E-state index >= 15 is 0 Å². The van der Waals surface area contributed by atoms with Crippen LogP contribution in [0.4, 0.5) is 0 Å². The van der Waals surface area contributed by atoms with E-state index in [4.69, 9.17) is 9.52 Å². The molecule has 1 fully saturated rings. The minimum absolute atomic E-state index is 0.100. The zero-order valence-corrected chi connectivity index (χ0v) is 9.96. The highest BCUT2D eigenvalue weighted by Gasteiger charge is 2.17. The number of rotatable bonds is 4. The number of carboxylic acid groups (broad SMARTS) is 1. The van der Waals surface area contributed by atoms with Gasteiger partial charge in [-0.2, -0.15) is 11.8 Å². The lowest BCUT2D eigenvalue weighted by Gasteiger charge is -2.20. The lowest BCUT2D eigenvalue weighted by Crippen LogP contribution is -2.08. The van der Waals surface area contributed by atoms with Crippen LogP contribution in [0.2, 0.25) is 0 Å². The summed E-state index contributed by atoms with van der Waals surface area (Å²) in [5, 5.41) is 9.59. The molecule has 4 heteroatoms. The molecule has 1 aromatic heterocycles. The molecule has 1 N–H and O–H groups in total. The van der Waals surface area contributed by atoms with E-state index in [1.807, 2.05) is 11.8 Å². The lowest BCUT2D eigenvalue weighted by molar-refractivity contribution is 0.0661. The first-order chi connectivity index (χ1) is 7.77. The molecule has 1 aromatic rings. The van der Waals surface area contributed by atoms with Crippen molar-refractivity contribution in [1.29, 1.82) is 0 Å². The number of carboxylic acids is 1. The molecule has 0 amide bonds. The van der Waals surface area contributed by atoms with Gasteiger partial charge in [0.15, 0.2) is 0 Å². The minimum atomic E-state index is -0.968. The van der Waals surface area contributed by atoms with Crippen LogP contribution in [0.15, 0.2) is 16.7 Å². The summed E-state index contributed by atoms with van der Waals surface area (Å²) in [6.45, 7) is 0. The van der Waals surface area contributed by atoms with E-state index in [9.17, 15) is 4.79 Å². The van der Waals surface area contributed by atoms with Gasteiger partial charge in [0.1, 0.15) is 0 Å². The summed E-state index contributed by atoms with van der Waals surface area (Å²) >= 11 is 1.86. The van der Waals surface area contributed by atoms with E-state index in [-0.39, 0.29) is 5.76 Å². The van der Waals surface area contributed by atoms with E-state index in [1.54, 1.807) is 6.07 Å². The van der Waals surface area contributed by atoms with Gasteiger partial charge in [-0.15, -0.1) is 0 Å². The fourth-order valence-electron chi connectivity index (χ4n) is 2.08. The molecular weight excluding hydrogens is 224 g/mol. The summed E-state index contributed by atoms with van der Waals surface area (Å²) < 4.78 is 4.95. The second-order valence-corrected chi connectivity index (χ2v) is 5.44. The number of thioether (sulfide) groups is 1. The smallest absolute Gasteiger partial charge is 0.372 e. The first-order valence-corrected chi connectivity index (χ1v) is 6.73. The molecule has 1 aliphatic rings. The summed E-state index contributed by atoms with van der Waals surface area (Å²) in [5.41, 5.74) is 0.808. The van der Waals surface area contributed by atoms with Gasteiger partial charge in [-0.25, -0.2) is 4.79 Å². The molecule has 0 aliphatic heterocycles. The van der Waals surface area contributed by atoms with Crippen LogP contribution in [-0.2, 0) is 5.75 Å². The van der Waals surface area contributed by atoms with Crippen molar-refractivity contribution in [2.75, 3.05) is 0 Å². The van der Waals surface area contributed by atoms with Crippen molar-refractivity contribution in [3.8, 4) is 0 Å². The molecular formula is C12H16O3S. The average Bonchev–Trinajstić information content (AvgIpc) is 2.76. The van der Waals surface area contributed by atoms with E-state index in [0.29, 0.717) is 5.25 Å². The Morgan fingerprint density at radius 1 is 1.44 bits per heavy atom. The third-order valence-corrected chi connectivity index (χ3v) is 4.39. The highest BCUT2D eigenvalue weighted by atomic mass is 32.2. The molecule has 16 heavy (non-hydrogen) atoms. The summed E-state index contributed by atoms with van der Waals surface area (Å²) in [4.78, 5) is 10.8. The van der Waals surface area contributed by atoms with Crippen molar-refractivity contribution in [1.82, 2.24) is 0 Å². The summed E-state index contributed by atoms with van der Waals surface area (Å²) in [6, 6.07) is 1.76. The van der Waals surface area contributed by atoms with Gasteiger partial charge >= 0.3 is 5.97 Å². The van der Waals surface area contributed by atoms with Crippen molar-refractivity contribution >= 4 is 17.7 Å². The molecule has 0 bridgehead atoms. The highest BCUT2D eigenvalue weighted by Crippen LogP contribution is 2.31. The molecule has 0 spiro atoms. The molecule has 2 rings (SSSR count). The third kappa shape index (κ3) is 2.82. The van der Waals surface area contributed by atoms with Gasteiger partial charge in [-0.05, 0) is 18.9 Å². The van der Waals surface area contributed by atoms with Crippen LogP contribution in [0.3, 0.4) is 0 Å². The second kappa shape index (κ2) is 5.43. The molecule has 3 nitrogen and oxygen atoms in total. The molecule has 1 aliphatic carbocycles. The van der Waals surface area contributed by atoms with Gasteiger partial charge < -0.3 is 9.52 Å². The molecule has 0 unspecified atom stereocenters. The van der Waals surface area contributed by atoms with E-state index in [0.717, 1.165) is 11.3 Å². The van der Waals surface area contributed by atoms with Crippen LogP contribution in [0, 0.1) is 0 Å². The SMILES string of the molecule is O=C(O)c1occc1CSC1CCCCC1. The van der Waals surface area contributed by atoms with Crippen LogP contribution >= 0.6 is 11.8 Å². The Morgan fingerprint density at radius 2 is 2.19 bits per heavy atom. The van der Waals surface area contributed by atoms with Gasteiger partial charge in [-0.1, -0.05) is 19.3 Å². The molecule has 88 valence electrons. The topological polar surface area (TPSA) is 50.4 Å². The number of furan rings is 1. The van der Waals surface area contributed by atoms with Crippen molar-refractivity contribution < 1.29 is 14.3 Å². The number of hydrogen-bond acceptors (Lipinski definition) is 3. The predicted molar refractivity (Wildman–Crippen MR) is 63.8 cm³/mol. The summed E-state index contributed by atoms with van der Waals surface area (Å²) in [6.07, 6.45) is 7.98. The number of hydrogen-bond donors (Lipinski definition) is 1. The Balaban J connectivity index is 1.88. The first kappa shape index (κ1) is 11.6. The Kier molecular flexibility index (Phi) is 3.93. The maximum absolute atomic E-state index is 10.8. The zero-order chi connectivity index (χ0) is 11.4. The Bertz CT molecular complexity index is 353. The first-order valence-electron chi connectivity index (χ1n) is 5.68. The van der Waals surface area contributed by atoms with Crippen molar-refractivity contribution in [2.45, 2.75) is 43.1 Å². The monoisotopic (exact) mass is 240 g/mol. The summed E-state index contributed by atoms with van der Waals surface area (Å²) in [7, 11) is 0. The molecule has 0 radical (unpaired) electrons. The molecule has 1 heterocycles. The van der Waals surface area contributed by atoms with Gasteiger partial charge in [0.2, 0.25) is 5.76 Å². The van der Waals surface area contributed by atoms with E-state index < -0.39 is 5.97 Å². The predicted octanol–water partition coefficient (Wildman–Crippen LogP) is 3.54. The summed E-state index contributed by atoms with van der Waals surface area (Å²) in [5.74, 6) is -0.115. The fraction of sp³-hybridized carbons (Fsp3) is 0.583. The van der Waals surface area contributed by atoms with Crippen LogP contribution < -0.4 is 0 Å². The third-order valence-electron chi connectivity index (χ3n) is 2.97. The molecule has 0 atom stereocenters. The Labute approximate surface area is 99.2 Å². The molecule has 0 aromatic carbocycles. The second-order valence-electron chi connectivity index (χ2n) is 4.15. The van der Waals surface area contributed by atoms with Crippen LogP contribution in [0.25, 0.3) is 0 Å². The van der Waals surface area contributed by atoms with Gasteiger partial charge in [-0.3, -0.25) is 0 Å². The normalized spacial score (nSPS) is 17.5. The van der Waals surface area contributed by atoms with Crippen LogP contribution in [-0.4, -0.2) is 16.3 Å². The largest absolute Gasteiger partial charge is 0.475 e. The van der Waals surface area contributed by atoms with E-state index in [1.165, 1.54) is 38.4 Å². The van der Waals surface area contributed by atoms with Gasteiger partial charge in [0.05, 0.1) is 6.26 Å². The number of aromatic carboxylic acids is 1. The highest BCUT2D eigenvalue weighted by molar-refractivity contribution is 7.99. The zero-order valence-electron chi connectivity index (χ0n) is 9.15.